The maximum Gasteiger partial charge on any atom is 0.251 e. The highest BCUT2D eigenvalue weighted by molar-refractivity contribution is 6.30. The van der Waals surface area contributed by atoms with Gasteiger partial charge in [-0.1, -0.05) is 29.8 Å². The molecule has 0 saturated carbocycles. The molecule has 2 aromatic carbocycles. The van der Waals surface area contributed by atoms with Crippen molar-refractivity contribution in [1.29, 1.82) is 5.26 Å². The summed E-state index contributed by atoms with van der Waals surface area (Å²) < 4.78 is 0. The molecule has 1 atom stereocenters. The maximum absolute atomic E-state index is 12.2. The maximum atomic E-state index is 12.2. The number of halogens is 1. The van der Waals surface area contributed by atoms with Crippen LogP contribution >= 0.6 is 11.6 Å². The van der Waals surface area contributed by atoms with E-state index in [1.807, 2.05) is 0 Å². The number of amides is 2. The molecule has 0 heterocycles. The summed E-state index contributed by atoms with van der Waals surface area (Å²) in [4.78, 5) is 23.8. The van der Waals surface area contributed by atoms with Crippen LogP contribution in [0.2, 0.25) is 5.02 Å². The molecule has 0 aliphatic rings. The zero-order chi connectivity index (χ0) is 16.8. The molecule has 0 aliphatic carbocycles. The first kappa shape index (κ1) is 16.5. The highest BCUT2D eigenvalue weighted by Crippen LogP contribution is 2.12. The molecule has 0 fully saturated rings. The van der Waals surface area contributed by atoms with Crippen molar-refractivity contribution in [3.05, 3.63) is 70.2 Å². The number of carbonyl (C=O) groups is 2. The van der Waals surface area contributed by atoms with Crippen LogP contribution in [0, 0.1) is 11.3 Å². The largest absolute Gasteiger partial charge is 0.368 e. The SMILES string of the molecule is N#Cc1ccccc1C[C@H](NC(=O)c1ccc(Cl)cc1)C(N)=O. The molecule has 0 bridgehead atoms. The summed E-state index contributed by atoms with van der Waals surface area (Å²) in [6, 6.07) is 14.3. The van der Waals surface area contributed by atoms with Crippen LogP contribution in [0.1, 0.15) is 21.5 Å². The lowest BCUT2D eigenvalue weighted by Crippen LogP contribution is -2.46. The zero-order valence-corrected chi connectivity index (χ0v) is 12.9. The molecule has 2 aromatic rings. The smallest absolute Gasteiger partial charge is 0.251 e. The number of rotatable bonds is 5. The molecule has 23 heavy (non-hydrogen) atoms. The molecule has 116 valence electrons. The van der Waals surface area contributed by atoms with Gasteiger partial charge >= 0.3 is 0 Å². The molecule has 0 spiro atoms. The van der Waals surface area contributed by atoms with Gasteiger partial charge in [-0.3, -0.25) is 9.59 Å². The molecule has 6 heteroatoms. The van der Waals surface area contributed by atoms with E-state index in [2.05, 4.69) is 11.4 Å². The Labute approximate surface area is 138 Å². The van der Waals surface area contributed by atoms with Gasteiger partial charge < -0.3 is 11.1 Å². The Morgan fingerprint density at radius 3 is 2.43 bits per heavy atom. The van der Waals surface area contributed by atoms with Crippen molar-refractivity contribution in [2.75, 3.05) is 0 Å². The van der Waals surface area contributed by atoms with Crippen molar-refractivity contribution in [3.63, 3.8) is 0 Å². The van der Waals surface area contributed by atoms with E-state index in [1.54, 1.807) is 48.5 Å². The highest BCUT2D eigenvalue weighted by Gasteiger charge is 2.20. The molecule has 0 radical (unpaired) electrons. The Hall–Kier alpha value is -2.84. The Morgan fingerprint density at radius 2 is 1.83 bits per heavy atom. The van der Waals surface area contributed by atoms with E-state index >= 15 is 0 Å². The van der Waals surface area contributed by atoms with Gasteiger partial charge in [0.25, 0.3) is 5.91 Å². The fourth-order valence-electron chi connectivity index (χ4n) is 2.09. The summed E-state index contributed by atoms with van der Waals surface area (Å²) in [5, 5.41) is 12.2. The van der Waals surface area contributed by atoms with Crippen LogP contribution in [0.25, 0.3) is 0 Å². The van der Waals surface area contributed by atoms with Crippen molar-refractivity contribution in [2.45, 2.75) is 12.5 Å². The zero-order valence-electron chi connectivity index (χ0n) is 12.1. The van der Waals surface area contributed by atoms with E-state index < -0.39 is 17.9 Å². The molecule has 0 saturated heterocycles. The fraction of sp³-hybridized carbons (Fsp3) is 0.118. The summed E-state index contributed by atoms with van der Waals surface area (Å²) in [5.74, 6) is -1.10. The van der Waals surface area contributed by atoms with Gasteiger partial charge in [0.1, 0.15) is 6.04 Å². The highest BCUT2D eigenvalue weighted by atomic mass is 35.5. The second kappa shape index (κ2) is 7.43. The molecule has 2 rings (SSSR count). The van der Waals surface area contributed by atoms with E-state index in [9.17, 15) is 9.59 Å². The van der Waals surface area contributed by atoms with Gasteiger partial charge in [0.15, 0.2) is 0 Å². The van der Waals surface area contributed by atoms with Crippen LogP contribution in [-0.2, 0) is 11.2 Å². The van der Waals surface area contributed by atoms with E-state index in [0.717, 1.165) is 0 Å². The standard InChI is InChI=1S/C17H14ClN3O2/c18-14-7-5-11(6-8-14)17(23)21-15(16(20)22)9-12-3-1-2-4-13(12)10-19/h1-8,15H,9H2,(H2,20,22)(H,21,23)/t15-/m0/s1. The summed E-state index contributed by atoms with van der Waals surface area (Å²) in [5.41, 5.74) is 6.83. The van der Waals surface area contributed by atoms with Crippen molar-refractivity contribution >= 4 is 23.4 Å². The predicted molar refractivity (Wildman–Crippen MR) is 86.8 cm³/mol. The first-order chi connectivity index (χ1) is 11.0. The van der Waals surface area contributed by atoms with Gasteiger partial charge in [0.05, 0.1) is 11.6 Å². The molecule has 5 nitrogen and oxygen atoms in total. The monoisotopic (exact) mass is 327 g/mol. The number of nitrogens with one attached hydrogen (secondary N) is 1. The Kier molecular flexibility index (Phi) is 5.34. The van der Waals surface area contributed by atoms with E-state index in [0.29, 0.717) is 21.7 Å². The quantitative estimate of drug-likeness (QED) is 0.879. The van der Waals surface area contributed by atoms with Gasteiger partial charge in [0.2, 0.25) is 5.91 Å². The summed E-state index contributed by atoms with van der Waals surface area (Å²) >= 11 is 5.78. The van der Waals surface area contributed by atoms with Crippen LogP contribution in [0.5, 0.6) is 0 Å². The van der Waals surface area contributed by atoms with Crippen molar-refractivity contribution < 1.29 is 9.59 Å². The first-order valence-corrected chi connectivity index (χ1v) is 7.23. The molecular weight excluding hydrogens is 314 g/mol. The van der Waals surface area contributed by atoms with Gasteiger partial charge in [-0.2, -0.15) is 5.26 Å². The third kappa shape index (κ3) is 4.31. The van der Waals surface area contributed by atoms with Crippen LogP contribution in [0.15, 0.2) is 48.5 Å². The topological polar surface area (TPSA) is 96.0 Å². The summed E-state index contributed by atoms with van der Waals surface area (Å²) in [6.07, 6.45) is 0.151. The third-order valence-corrected chi connectivity index (χ3v) is 3.57. The predicted octanol–water partition coefficient (Wildman–Crippen LogP) is 2.04. The third-order valence-electron chi connectivity index (χ3n) is 3.32. The Balaban J connectivity index is 2.16. The van der Waals surface area contributed by atoms with Crippen LogP contribution in [0.3, 0.4) is 0 Å². The van der Waals surface area contributed by atoms with Crippen LogP contribution in [-0.4, -0.2) is 17.9 Å². The minimum absolute atomic E-state index is 0.151. The molecule has 0 aromatic heterocycles. The van der Waals surface area contributed by atoms with E-state index in [4.69, 9.17) is 22.6 Å². The average Bonchev–Trinajstić information content (AvgIpc) is 2.55. The minimum atomic E-state index is -0.910. The lowest BCUT2D eigenvalue weighted by molar-refractivity contribution is -0.119. The second-order valence-corrected chi connectivity index (χ2v) is 5.34. The molecular formula is C17H14ClN3O2. The second-order valence-electron chi connectivity index (χ2n) is 4.91. The Morgan fingerprint density at radius 1 is 1.17 bits per heavy atom. The average molecular weight is 328 g/mol. The number of primary amides is 1. The molecule has 0 aliphatic heterocycles. The lowest BCUT2D eigenvalue weighted by atomic mass is 10.00. The molecule has 3 N–H and O–H groups in total. The van der Waals surface area contributed by atoms with Gasteiger partial charge in [-0.15, -0.1) is 0 Å². The van der Waals surface area contributed by atoms with Crippen molar-refractivity contribution in [2.24, 2.45) is 5.73 Å². The van der Waals surface area contributed by atoms with Crippen molar-refractivity contribution in [3.8, 4) is 6.07 Å². The molecule has 2 amide bonds. The summed E-state index contributed by atoms with van der Waals surface area (Å²) in [6.45, 7) is 0. The number of benzene rings is 2. The lowest BCUT2D eigenvalue weighted by Gasteiger charge is -2.16. The van der Waals surface area contributed by atoms with Crippen LogP contribution < -0.4 is 11.1 Å². The fourth-order valence-corrected chi connectivity index (χ4v) is 2.22. The number of carbonyl (C=O) groups excluding carboxylic acids is 2. The van der Waals surface area contributed by atoms with Crippen molar-refractivity contribution in [1.82, 2.24) is 5.32 Å². The normalized spacial score (nSPS) is 11.3. The first-order valence-electron chi connectivity index (χ1n) is 6.85. The Bertz CT molecular complexity index is 766. The molecule has 0 unspecified atom stereocenters. The van der Waals surface area contributed by atoms with Gasteiger partial charge in [-0.05, 0) is 35.9 Å². The van der Waals surface area contributed by atoms with Gasteiger partial charge in [-0.25, -0.2) is 0 Å². The number of nitrogens with zero attached hydrogens (tertiary/aromatic N) is 1. The summed E-state index contributed by atoms with van der Waals surface area (Å²) in [7, 11) is 0. The number of nitrogens with two attached hydrogens (primary N) is 1. The minimum Gasteiger partial charge on any atom is -0.368 e. The van der Waals surface area contributed by atoms with Gasteiger partial charge in [0, 0.05) is 17.0 Å². The van der Waals surface area contributed by atoms with E-state index in [-0.39, 0.29) is 6.42 Å². The number of hydrogen-bond donors (Lipinski definition) is 2. The van der Waals surface area contributed by atoms with E-state index in [1.165, 1.54) is 0 Å². The number of nitriles is 1. The van der Waals surface area contributed by atoms with Crippen LogP contribution in [0.4, 0.5) is 0 Å². The number of hydrogen-bond acceptors (Lipinski definition) is 3.